The van der Waals surface area contributed by atoms with Crippen LogP contribution in [0.2, 0.25) is 0 Å². The predicted octanol–water partition coefficient (Wildman–Crippen LogP) is 4.51. The number of rotatable bonds is 6. The van der Waals surface area contributed by atoms with Crippen molar-refractivity contribution in [2.75, 3.05) is 38.1 Å². The fourth-order valence-electron chi connectivity index (χ4n) is 5.03. The second-order valence-corrected chi connectivity index (χ2v) is 10.3. The van der Waals surface area contributed by atoms with Crippen LogP contribution in [0.25, 0.3) is 10.2 Å². The number of hydrogen-bond acceptors (Lipinski definition) is 5. The molecule has 0 radical (unpaired) electrons. The number of hydrogen-bond donors (Lipinski definition) is 1. The lowest BCUT2D eigenvalue weighted by Crippen LogP contribution is -2.43. The van der Waals surface area contributed by atoms with Gasteiger partial charge in [-0.3, -0.25) is 4.79 Å². The van der Waals surface area contributed by atoms with Crippen molar-refractivity contribution in [3.63, 3.8) is 0 Å². The Labute approximate surface area is 184 Å². The summed E-state index contributed by atoms with van der Waals surface area (Å²) in [5, 5.41) is 4.30. The van der Waals surface area contributed by atoms with Crippen LogP contribution >= 0.6 is 11.3 Å². The number of carbonyl (C=O) groups excluding carboxylic acids is 1. The van der Waals surface area contributed by atoms with Gasteiger partial charge in [0.05, 0.1) is 10.2 Å². The third kappa shape index (κ3) is 4.97. The number of nitrogens with one attached hydrogen (secondary N) is 1. The molecule has 164 valence electrons. The van der Waals surface area contributed by atoms with E-state index in [2.05, 4.69) is 48.1 Å². The molecule has 1 saturated heterocycles. The number of amides is 1. The molecule has 1 aromatic carbocycles. The molecule has 2 aliphatic rings. The predicted molar refractivity (Wildman–Crippen MR) is 127 cm³/mol. The van der Waals surface area contributed by atoms with Crippen LogP contribution in [-0.2, 0) is 4.79 Å². The van der Waals surface area contributed by atoms with Crippen molar-refractivity contribution in [3.05, 3.63) is 23.3 Å². The Bertz CT molecular complexity index is 865. The zero-order chi connectivity index (χ0) is 21.1. The third-order valence-electron chi connectivity index (χ3n) is 6.92. The number of aryl methyl sites for hydroxylation is 2. The highest BCUT2D eigenvalue weighted by Gasteiger charge is 2.27. The van der Waals surface area contributed by atoms with Crippen LogP contribution in [0.3, 0.4) is 0 Å². The van der Waals surface area contributed by atoms with Crippen LogP contribution in [0.4, 0.5) is 5.13 Å². The number of nitrogens with zero attached hydrogens (tertiary/aromatic N) is 3. The molecular formula is C24H36N4OS. The van der Waals surface area contributed by atoms with Gasteiger partial charge in [-0.05, 0) is 63.8 Å². The van der Waals surface area contributed by atoms with Gasteiger partial charge in [-0.2, -0.15) is 0 Å². The summed E-state index contributed by atoms with van der Waals surface area (Å²) in [5.74, 6) is 0.377. The summed E-state index contributed by atoms with van der Waals surface area (Å²) in [4.78, 5) is 22.4. The Morgan fingerprint density at radius 1 is 1.17 bits per heavy atom. The molecule has 2 fully saturated rings. The van der Waals surface area contributed by atoms with Crippen molar-refractivity contribution >= 4 is 32.6 Å². The van der Waals surface area contributed by atoms with Crippen LogP contribution < -0.4 is 10.2 Å². The summed E-state index contributed by atoms with van der Waals surface area (Å²) < 4.78 is 1.27. The van der Waals surface area contributed by atoms with Gasteiger partial charge in [0.1, 0.15) is 0 Å². The van der Waals surface area contributed by atoms with Gasteiger partial charge >= 0.3 is 0 Å². The maximum absolute atomic E-state index is 12.7. The molecule has 1 N–H and O–H groups in total. The van der Waals surface area contributed by atoms with E-state index < -0.39 is 0 Å². The first-order valence-electron chi connectivity index (χ1n) is 11.6. The highest BCUT2D eigenvalue weighted by molar-refractivity contribution is 7.22. The highest BCUT2D eigenvalue weighted by Crippen LogP contribution is 2.33. The summed E-state index contributed by atoms with van der Waals surface area (Å²) in [5.41, 5.74) is 3.67. The third-order valence-corrected chi connectivity index (χ3v) is 7.98. The lowest BCUT2D eigenvalue weighted by molar-refractivity contribution is -0.125. The summed E-state index contributed by atoms with van der Waals surface area (Å²) in [6, 6.07) is 5.14. The number of aromatic nitrogens is 1. The Kier molecular flexibility index (Phi) is 6.94. The van der Waals surface area contributed by atoms with Crippen molar-refractivity contribution in [3.8, 4) is 0 Å². The van der Waals surface area contributed by atoms with Crippen molar-refractivity contribution in [2.45, 2.75) is 64.8 Å². The molecular weight excluding hydrogens is 392 g/mol. The SMILES string of the molecule is Cc1cc(C)c2nc(N3CCC(C(=O)NCCN(C)C4CCCCC4)CC3)sc2c1. The lowest BCUT2D eigenvalue weighted by atomic mass is 9.94. The smallest absolute Gasteiger partial charge is 0.223 e. The molecule has 30 heavy (non-hydrogen) atoms. The molecule has 1 saturated carbocycles. The first-order chi connectivity index (χ1) is 14.5. The zero-order valence-electron chi connectivity index (χ0n) is 18.7. The van der Waals surface area contributed by atoms with Crippen molar-refractivity contribution < 1.29 is 4.79 Å². The maximum Gasteiger partial charge on any atom is 0.223 e. The van der Waals surface area contributed by atoms with E-state index in [-0.39, 0.29) is 11.8 Å². The van der Waals surface area contributed by atoms with Crippen LogP contribution in [0, 0.1) is 19.8 Å². The number of thiazole rings is 1. The van der Waals surface area contributed by atoms with Crippen LogP contribution in [0.1, 0.15) is 56.1 Å². The zero-order valence-corrected chi connectivity index (χ0v) is 19.6. The van der Waals surface area contributed by atoms with Gasteiger partial charge in [-0.1, -0.05) is 36.7 Å². The molecule has 1 aliphatic carbocycles. The van der Waals surface area contributed by atoms with Gasteiger partial charge in [0.2, 0.25) is 5.91 Å². The number of likely N-dealkylation sites (N-methyl/N-ethyl adjacent to an activating group) is 1. The van der Waals surface area contributed by atoms with Crippen molar-refractivity contribution in [1.82, 2.24) is 15.2 Å². The monoisotopic (exact) mass is 428 g/mol. The molecule has 6 heteroatoms. The van der Waals surface area contributed by atoms with Gasteiger partial charge in [0, 0.05) is 38.1 Å². The van der Waals surface area contributed by atoms with E-state index in [0.29, 0.717) is 6.04 Å². The first-order valence-corrected chi connectivity index (χ1v) is 12.4. The minimum absolute atomic E-state index is 0.139. The number of carbonyl (C=O) groups is 1. The van der Waals surface area contributed by atoms with Crippen molar-refractivity contribution in [1.29, 1.82) is 0 Å². The van der Waals surface area contributed by atoms with Gasteiger partial charge in [0.15, 0.2) is 5.13 Å². The second-order valence-electron chi connectivity index (χ2n) is 9.25. The quantitative estimate of drug-likeness (QED) is 0.735. The molecule has 0 bridgehead atoms. The molecule has 2 heterocycles. The molecule has 0 atom stereocenters. The fourth-order valence-corrected chi connectivity index (χ4v) is 6.22. The fraction of sp³-hybridized carbons (Fsp3) is 0.667. The Morgan fingerprint density at radius 3 is 2.63 bits per heavy atom. The van der Waals surface area contributed by atoms with Crippen LogP contribution in [0.5, 0.6) is 0 Å². The molecule has 5 nitrogen and oxygen atoms in total. The molecule has 1 amide bonds. The lowest BCUT2D eigenvalue weighted by Gasteiger charge is -2.32. The Hall–Kier alpha value is -1.66. The van der Waals surface area contributed by atoms with E-state index >= 15 is 0 Å². The van der Waals surface area contributed by atoms with Crippen LogP contribution in [-0.4, -0.2) is 55.1 Å². The normalized spacial score (nSPS) is 19.0. The number of benzene rings is 1. The molecule has 0 unspecified atom stereocenters. The van der Waals surface area contributed by atoms with E-state index in [1.807, 2.05) is 0 Å². The van der Waals surface area contributed by atoms with Crippen LogP contribution in [0.15, 0.2) is 12.1 Å². The molecule has 1 aliphatic heterocycles. The average Bonchev–Trinajstić information content (AvgIpc) is 3.19. The summed E-state index contributed by atoms with van der Waals surface area (Å²) >= 11 is 1.78. The van der Waals surface area contributed by atoms with Gasteiger partial charge in [-0.25, -0.2) is 4.98 Å². The van der Waals surface area contributed by atoms with Gasteiger partial charge in [0.25, 0.3) is 0 Å². The van der Waals surface area contributed by atoms with Gasteiger partial charge < -0.3 is 15.1 Å². The molecule has 0 spiro atoms. The minimum atomic E-state index is 0.139. The highest BCUT2D eigenvalue weighted by atomic mass is 32.1. The minimum Gasteiger partial charge on any atom is -0.355 e. The summed E-state index contributed by atoms with van der Waals surface area (Å²) in [6.07, 6.45) is 8.55. The standard InChI is InChI=1S/C24H36N4OS/c1-17-15-18(2)22-21(16-17)30-24(26-22)28-12-9-19(10-13-28)23(29)25-11-14-27(3)20-7-5-4-6-8-20/h15-16,19-20H,4-14H2,1-3H3,(H,25,29). The van der Waals surface area contributed by atoms with E-state index in [1.165, 1.54) is 47.9 Å². The van der Waals surface area contributed by atoms with Gasteiger partial charge in [-0.15, -0.1) is 0 Å². The Morgan fingerprint density at radius 2 is 1.90 bits per heavy atom. The van der Waals surface area contributed by atoms with E-state index in [0.717, 1.165) is 49.7 Å². The Balaban J connectivity index is 1.24. The molecule has 4 rings (SSSR count). The largest absolute Gasteiger partial charge is 0.355 e. The topological polar surface area (TPSA) is 48.5 Å². The maximum atomic E-state index is 12.7. The number of fused-ring (bicyclic) bond motifs is 1. The summed E-state index contributed by atoms with van der Waals surface area (Å²) in [7, 11) is 2.21. The number of piperidine rings is 1. The van der Waals surface area contributed by atoms with E-state index in [4.69, 9.17) is 4.98 Å². The first kappa shape index (κ1) is 21.6. The summed E-state index contributed by atoms with van der Waals surface area (Å²) in [6.45, 7) is 7.84. The molecule has 2 aromatic rings. The average molecular weight is 429 g/mol. The van der Waals surface area contributed by atoms with E-state index in [1.54, 1.807) is 11.3 Å². The van der Waals surface area contributed by atoms with Crippen molar-refractivity contribution in [2.24, 2.45) is 5.92 Å². The molecule has 1 aromatic heterocycles. The second kappa shape index (κ2) is 9.65. The number of anilines is 1. The van der Waals surface area contributed by atoms with E-state index in [9.17, 15) is 4.79 Å².